The zero-order valence-electron chi connectivity index (χ0n) is 11.2. The number of aliphatic hydroxyl groups is 1. The van der Waals surface area contributed by atoms with Gasteiger partial charge in [-0.05, 0) is 25.0 Å². The molecule has 1 aromatic rings. The van der Waals surface area contributed by atoms with E-state index in [-0.39, 0.29) is 6.42 Å². The molecule has 2 amide bonds. The van der Waals surface area contributed by atoms with Crippen molar-refractivity contribution in [2.45, 2.75) is 38.2 Å². The van der Waals surface area contributed by atoms with Crippen molar-refractivity contribution in [3.8, 4) is 0 Å². The Morgan fingerprint density at radius 2 is 1.80 bits per heavy atom. The lowest BCUT2D eigenvalue weighted by Gasteiger charge is -2.11. The van der Waals surface area contributed by atoms with Gasteiger partial charge in [-0.2, -0.15) is 0 Å². The van der Waals surface area contributed by atoms with E-state index in [1.165, 1.54) is 0 Å². The lowest BCUT2D eigenvalue weighted by atomic mass is 10.1. The summed E-state index contributed by atoms with van der Waals surface area (Å²) in [7, 11) is 0. The van der Waals surface area contributed by atoms with E-state index in [1.54, 1.807) is 29.7 Å². The van der Waals surface area contributed by atoms with Gasteiger partial charge in [0.15, 0.2) is 0 Å². The van der Waals surface area contributed by atoms with Crippen molar-refractivity contribution >= 4 is 17.5 Å². The highest BCUT2D eigenvalue weighted by Crippen LogP contribution is 2.09. The number of aliphatic hydroxyl groups excluding tert-OH is 1. The van der Waals surface area contributed by atoms with Gasteiger partial charge in [0, 0.05) is 12.1 Å². The second kappa shape index (κ2) is 9.06. The third-order valence-corrected chi connectivity index (χ3v) is 2.85. The molecule has 1 atom stereocenters. The molecule has 0 spiro atoms. The first-order chi connectivity index (χ1) is 9.63. The summed E-state index contributed by atoms with van der Waals surface area (Å²) in [4.78, 5) is 22.4. The van der Waals surface area contributed by atoms with Gasteiger partial charge in [-0.25, -0.2) is 5.48 Å². The lowest BCUT2D eigenvalue weighted by Crippen LogP contribution is -2.27. The molecule has 0 saturated heterocycles. The van der Waals surface area contributed by atoms with Gasteiger partial charge in [-0.1, -0.05) is 31.0 Å². The molecule has 1 aromatic carbocycles. The van der Waals surface area contributed by atoms with Crippen LogP contribution in [-0.2, 0) is 9.59 Å². The van der Waals surface area contributed by atoms with E-state index < -0.39 is 17.9 Å². The minimum absolute atomic E-state index is 0.239. The minimum Gasteiger partial charge on any atom is -0.383 e. The molecule has 0 aliphatic carbocycles. The van der Waals surface area contributed by atoms with Gasteiger partial charge < -0.3 is 10.4 Å². The number of carbonyl (C=O) groups excluding carboxylic acids is 2. The third-order valence-electron chi connectivity index (χ3n) is 2.85. The molecule has 0 aromatic heterocycles. The van der Waals surface area contributed by atoms with Gasteiger partial charge in [0.1, 0.15) is 6.10 Å². The Kier molecular flexibility index (Phi) is 7.31. The van der Waals surface area contributed by atoms with E-state index in [0.717, 1.165) is 0 Å². The maximum Gasteiger partial charge on any atom is 0.253 e. The molecule has 0 heterocycles. The lowest BCUT2D eigenvalue weighted by molar-refractivity contribution is -0.129. The number of nitrogens with one attached hydrogen (secondary N) is 2. The second-order valence-electron chi connectivity index (χ2n) is 4.51. The number of hydrogen-bond acceptors (Lipinski definition) is 4. The molecule has 0 aliphatic heterocycles. The third kappa shape index (κ3) is 6.31. The molecule has 6 heteroatoms. The van der Waals surface area contributed by atoms with E-state index >= 15 is 0 Å². The number of anilines is 1. The van der Waals surface area contributed by atoms with Crippen LogP contribution in [0.3, 0.4) is 0 Å². The SMILES string of the molecule is O=C(CCCCCC(O)C(=O)Nc1ccccc1)NO. The van der Waals surface area contributed by atoms with Crippen molar-refractivity contribution in [2.24, 2.45) is 0 Å². The standard InChI is InChI=1S/C14H20N2O4/c17-12(9-5-2-6-10-13(18)16-20)14(19)15-11-7-3-1-4-8-11/h1,3-4,7-8,12,17,20H,2,5-6,9-10H2,(H,15,19)(H,16,18). The average Bonchev–Trinajstić information content (AvgIpc) is 2.47. The first-order valence-corrected chi connectivity index (χ1v) is 6.60. The fourth-order valence-corrected chi connectivity index (χ4v) is 1.73. The van der Waals surface area contributed by atoms with E-state index in [1.807, 2.05) is 6.07 Å². The van der Waals surface area contributed by atoms with Gasteiger partial charge in [-0.15, -0.1) is 0 Å². The summed E-state index contributed by atoms with van der Waals surface area (Å²) in [6, 6.07) is 8.94. The van der Waals surface area contributed by atoms with Crippen LogP contribution in [0, 0.1) is 0 Å². The predicted molar refractivity (Wildman–Crippen MR) is 74.1 cm³/mol. The number of benzene rings is 1. The highest BCUT2D eigenvalue weighted by atomic mass is 16.5. The molecule has 4 N–H and O–H groups in total. The first-order valence-electron chi connectivity index (χ1n) is 6.60. The summed E-state index contributed by atoms with van der Waals surface area (Å²) in [6.07, 6.45) is 1.49. The zero-order valence-corrected chi connectivity index (χ0v) is 11.2. The van der Waals surface area contributed by atoms with Crippen LogP contribution in [0.25, 0.3) is 0 Å². The molecule has 0 saturated carbocycles. The summed E-state index contributed by atoms with van der Waals surface area (Å²) >= 11 is 0. The van der Waals surface area contributed by atoms with Crippen LogP contribution < -0.4 is 10.8 Å². The van der Waals surface area contributed by atoms with Crippen LogP contribution in [0.15, 0.2) is 30.3 Å². The van der Waals surface area contributed by atoms with Crippen LogP contribution in [0.1, 0.15) is 32.1 Å². The number of unbranched alkanes of at least 4 members (excludes halogenated alkanes) is 2. The number of hydrogen-bond donors (Lipinski definition) is 4. The maximum atomic E-state index is 11.7. The maximum absolute atomic E-state index is 11.7. The summed E-state index contributed by atoms with van der Waals surface area (Å²) in [5, 5.41) is 20.6. The Morgan fingerprint density at radius 1 is 1.10 bits per heavy atom. The predicted octanol–water partition coefficient (Wildman–Crippen LogP) is 1.44. The van der Waals surface area contributed by atoms with Crippen molar-refractivity contribution in [2.75, 3.05) is 5.32 Å². The number of rotatable bonds is 8. The quantitative estimate of drug-likeness (QED) is 0.329. The van der Waals surface area contributed by atoms with Gasteiger partial charge in [0.05, 0.1) is 0 Å². The molecule has 110 valence electrons. The van der Waals surface area contributed by atoms with Crippen LogP contribution in [0.2, 0.25) is 0 Å². The van der Waals surface area contributed by atoms with Gasteiger partial charge in [-0.3, -0.25) is 14.8 Å². The van der Waals surface area contributed by atoms with Gasteiger partial charge in [0.2, 0.25) is 5.91 Å². The van der Waals surface area contributed by atoms with Crippen LogP contribution in [0.4, 0.5) is 5.69 Å². The van der Waals surface area contributed by atoms with Crippen LogP contribution in [0.5, 0.6) is 0 Å². The molecule has 0 radical (unpaired) electrons. The average molecular weight is 280 g/mol. The Hall–Kier alpha value is -1.92. The molecule has 6 nitrogen and oxygen atoms in total. The van der Waals surface area contributed by atoms with E-state index in [4.69, 9.17) is 5.21 Å². The van der Waals surface area contributed by atoms with Crippen molar-refractivity contribution in [1.82, 2.24) is 5.48 Å². The fraction of sp³-hybridized carbons (Fsp3) is 0.429. The van der Waals surface area contributed by atoms with Crippen molar-refractivity contribution in [1.29, 1.82) is 0 Å². The van der Waals surface area contributed by atoms with E-state index in [9.17, 15) is 14.7 Å². The molecule has 0 bridgehead atoms. The Labute approximate surface area is 117 Å². The topological polar surface area (TPSA) is 98.7 Å². The highest BCUT2D eigenvalue weighted by Gasteiger charge is 2.14. The number of amides is 2. The summed E-state index contributed by atoms with van der Waals surface area (Å²) < 4.78 is 0. The van der Waals surface area contributed by atoms with Crippen LogP contribution >= 0.6 is 0 Å². The number of para-hydroxylation sites is 1. The number of carbonyl (C=O) groups is 2. The van der Waals surface area contributed by atoms with Gasteiger partial charge >= 0.3 is 0 Å². The van der Waals surface area contributed by atoms with Crippen molar-refractivity contribution in [3.63, 3.8) is 0 Å². The second-order valence-corrected chi connectivity index (χ2v) is 4.51. The smallest absolute Gasteiger partial charge is 0.253 e. The zero-order chi connectivity index (χ0) is 14.8. The molecule has 1 rings (SSSR count). The first kappa shape index (κ1) is 16.1. The normalized spacial score (nSPS) is 11.7. The van der Waals surface area contributed by atoms with E-state index in [0.29, 0.717) is 31.4 Å². The summed E-state index contributed by atoms with van der Waals surface area (Å²) in [5.41, 5.74) is 2.21. The van der Waals surface area contributed by atoms with E-state index in [2.05, 4.69) is 5.32 Å². The molecular weight excluding hydrogens is 260 g/mol. The Bertz CT molecular complexity index is 422. The Morgan fingerprint density at radius 3 is 2.45 bits per heavy atom. The van der Waals surface area contributed by atoms with Crippen molar-refractivity contribution < 1.29 is 19.9 Å². The summed E-state index contributed by atoms with van der Waals surface area (Å²) in [5.74, 6) is -0.850. The molecule has 20 heavy (non-hydrogen) atoms. The molecule has 0 fully saturated rings. The van der Waals surface area contributed by atoms with Gasteiger partial charge in [0.25, 0.3) is 5.91 Å². The molecule has 1 unspecified atom stereocenters. The highest BCUT2D eigenvalue weighted by molar-refractivity contribution is 5.93. The number of hydroxylamine groups is 1. The largest absolute Gasteiger partial charge is 0.383 e. The van der Waals surface area contributed by atoms with Crippen LogP contribution in [-0.4, -0.2) is 28.2 Å². The summed E-state index contributed by atoms with van der Waals surface area (Å²) in [6.45, 7) is 0. The Balaban J connectivity index is 2.17. The van der Waals surface area contributed by atoms with Crippen molar-refractivity contribution in [3.05, 3.63) is 30.3 Å². The monoisotopic (exact) mass is 280 g/mol. The molecule has 0 aliphatic rings. The molecular formula is C14H20N2O4. The fourth-order valence-electron chi connectivity index (χ4n) is 1.73. The minimum atomic E-state index is -1.05.